The maximum atomic E-state index is 10.9. The number of rotatable bonds is 3. The number of benzene rings is 1. The van der Waals surface area contributed by atoms with E-state index in [4.69, 9.17) is 5.11 Å². The number of hydrogen-bond acceptors (Lipinski definition) is 3. The third kappa shape index (κ3) is 2.77. The average molecular weight is 363 g/mol. The number of nitrogens with one attached hydrogen (secondary N) is 1. The lowest BCUT2D eigenvalue weighted by Gasteiger charge is -2.02. The molecule has 3 aromatic rings. The molecule has 0 bridgehead atoms. The van der Waals surface area contributed by atoms with Crippen molar-refractivity contribution in [3.63, 3.8) is 0 Å². The summed E-state index contributed by atoms with van der Waals surface area (Å²) in [6, 6.07) is 7.66. The zero-order chi connectivity index (χ0) is 15.0. The second-order valence-electron chi connectivity index (χ2n) is 4.60. The molecule has 2 aromatic heterocycles. The third-order valence-electron chi connectivity index (χ3n) is 3.13. The van der Waals surface area contributed by atoms with Gasteiger partial charge in [-0.3, -0.25) is 0 Å². The maximum Gasteiger partial charge on any atom is 0.352 e. The molecular formula is C15H11BrN2O2S. The van der Waals surface area contributed by atoms with E-state index >= 15 is 0 Å². The summed E-state index contributed by atoms with van der Waals surface area (Å²) >= 11 is 5.00. The van der Waals surface area contributed by atoms with Crippen LogP contribution in [0.1, 0.15) is 16.1 Å². The zero-order valence-corrected chi connectivity index (χ0v) is 13.5. The van der Waals surface area contributed by atoms with Crippen LogP contribution in [0.15, 0.2) is 40.3 Å². The first kappa shape index (κ1) is 14.0. The van der Waals surface area contributed by atoms with Crippen molar-refractivity contribution in [1.29, 1.82) is 0 Å². The Morgan fingerprint density at radius 2 is 2.19 bits per heavy atom. The van der Waals surface area contributed by atoms with Crippen molar-refractivity contribution in [1.82, 2.24) is 9.97 Å². The van der Waals surface area contributed by atoms with E-state index in [-0.39, 0.29) is 5.69 Å². The van der Waals surface area contributed by atoms with Crippen LogP contribution in [0.25, 0.3) is 21.8 Å². The fourth-order valence-corrected chi connectivity index (χ4v) is 3.46. The van der Waals surface area contributed by atoms with E-state index < -0.39 is 5.97 Å². The highest BCUT2D eigenvalue weighted by Crippen LogP contribution is 2.32. The Labute approximate surface area is 133 Å². The average Bonchev–Trinajstić information content (AvgIpc) is 3.07. The van der Waals surface area contributed by atoms with Crippen LogP contribution in [-0.4, -0.2) is 21.0 Å². The molecule has 3 rings (SSSR count). The minimum Gasteiger partial charge on any atom is -0.477 e. The van der Waals surface area contributed by atoms with Gasteiger partial charge in [0.2, 0.25) is 0 Å². The van der Waals surface area contributed by atoms with Crippen LogP contribution in [0.3, 0.4) is 0 Å². The Balaban J connectivity index is 1.97. The molecule has 0 aliphatic carbocycles. The molecule has 2 heterocycles. The Kier molecular flexibility index (Phi) is 3.65. The molecule has 0 radical (unpaired) electrons. The van der Waals surface area contributed by atoms with Crippen molar-refractivity contribution in [2.24, 2.45) is 0 Å². The van der Waals surface area contributed by atoms with Gasteiger partial charge in [0.25, 0.3) is 0 Å². The zero-order valence-electron chi connectivity index (χ0n) is 11.1. The van der Waals surface area contributed by atoms with Gasteiger partial charge in [-0.15, -0.1) is 11.3 Å². The Hall–Kier alpha value is -1.92. The second-order valence-corrected chi connectivity index (χ2v) is 6.38. The summed E-state index contributed by atoms with van der Waals surface area (Å²) in [5.74, 6) is -0.972. The number of aromatic amines is 1. The third-order valence-corrected chi connectivity index (χ3v) is 4.50. The summed E-state index contributed by atoms with van der Waals surface area (Å²) in [7, 11) is 0. The van der Waals surface area contributed by atoms with Gasteiger partial charge in [-0.05, 0) is 30.7 Å². The van der Waals surface area contributed by atoms with Gasteiger partial charge < -0.3 is 10.1 Å². The number of carboxylic acid groups (broad SMARTS) is 1. The minimum absolute atomic E-state index is 0.166. The lowest BCUT2D eigenvalue weighted by atomic mass is 10.1. The van der Waals surface area contributed by atoms with Crippen molar-refractivity contribution in [2.75, 3.05) is 0 Å². The second kappa shape index (κ2) is 5.46. The van der Waals surface area contributed by atoms with Crippen LogP contribution in [0.2, 0.25) is 0 Å². The van der Waals surface area contributed by atoms with E-state index in [1.54, 1.807) is 23.6 Å². The van der Waals surface area contributed by atoms with E-state index in [0.717, 1.165) is 31.9 Å². The molecule has 0 atom stereocenters. The highest BCUT2D eigenvalue weighted by molar-refractivity contribution is 9.10. The monoisotopic (exact) mass is 362 g/mol. The number of carbonyl (C=O) groups is 1. The minimum atomic E-state index is -0.972. The number of H-pyrrole nitrogens is 1. The Bertz CT molecular complexity index is 823. The topological polar surface area (TPSA) is 66.0 Å². The first-order valence-corrected chi connectivity index (χ1v) is 7.86. The number of aryl methyl sites for hydroxylation is 1. The molecule has 0 amide bonds. The van der Waals surface area contributed by atoms with Gasteiger partial charge in [-0.2, -0.15) is 0 Å². The largest absolute Gasteiger partial charge is 0.477 e. The molecule has 4 nitrogen and oxygen atoms in total. The summed E-state index contributed by atoms with van der Waals surface area (Å²) in [5, 5.41) is 11.8. The van der Waals surface area contributed by atoms with Crippen molar-refractivity contribution in [3.8, 4) is 21.8 Å². The summed E-state index contributed by atoms with van der Waals surface area (Å²) < 4.78 is 1.04. The lowest BCUT2D eigenvalue weighted by Crippen LogP contribution is -1.94. The molecule has 0 spiro atoms. The molecule has 0 unspecified atom stereocenters. The first-order valence-electron chi connectivity index (χ1n) is 6.19. The van der Waals surface area contributed by atoms with Crippen LogP contribution < -0.4 is 0 Å². The van der Waals surface area contributed by atoms with Crippen LogP contribution in [-0.2, 0) is 0 Å². The fraction of sp³-hybridized carbons (Fsp3) is 0.0667. The van der Waals surface area contributed by atoms with E-state index in [9.17, 15) is 4.79 Å². The molecule has 0 aliphatic heterocycles. The SMILES string of the molecule is Cc1cc(Br)ccc1-c1nc(-c2c[nH]c(C(=O)O)c2)cs1. The van der Waals surface area contributed by atoms with Gasteiger partial charge >= 0.3 is 5.97 Å². The number of aromatic nitrogens is 2. The lowest BCUT2D eigenvalue weighted by molar-refractivity contribution is 0.0691. The van der Waals surface area contributed by atoms with E-state index in [2.05, 4.69) is 32.0 Å². The van der Waals surface area contributed by atoms with Crippen molar-refractivity contribution in [2.45, 2.75) is 6.92 Å². The van der Waals surface area contributed by atoms with E-state index in [1.807, 2.05) is 24.4 Å². The summed E-state index contributed by atoms with van der Waals surface area (Å²) in [5.41, 5.74) is 3.96. The highest BCUT2D eigenvalue weighted by Gasteiger charge is 2.12. The fourth-order valence-electron chi connectivity index (χ4n) is 2.06. The van der Waals surface area contributed by atoms with Crippen molar-refractivity contribution in [3.05, 3.63) is 51.6 Å². The molecule has 6 heteroatoms. The predicted octanol–water partition coefficient (Wildman–Crippen LogP) is 4.57. The van der Waals surface area contributed by atoms with E-state index in [1.165, 1.54) is 0 Å². The van der Waals surface area contributed by atoms with Crippen molar-refractivity contribution < 1.29 is 9.90 Å². The molecule has 0 fully saturated rings. The number of hydrogen-bond donors (Lipinski definition) is 2. The van der Waals surface area contributed by atoms with Gasteiger partial charge in [0.15, 0.2) is 0 Å². The molecule has 0 saturated heterocycles. The molecule has 2 N–H and O–H groups in total. The van der Waals surface area contributed by atoms with Crippen LogP contribution in [0, 0.1) is 6.92 Å². The quantitative estimate of drug-likeness (QED) is 0.716. The normalized spacial score (nSPS) is 10.8. The van der Waals surface area contributed by atoms with Crippen molar-refractivity contribution >= 4 is 33.2 Å². The molecule has 21 heavy (non-hydrogen) atoms. The summed E-state index contributed by atoms with van der Waals surface area (Å²) in [4.78, 5) is 18.2. The van der Waals surface area contributed by atoms with E-state index in [0.29, 0.717) is 0 Å². The number of halogens is 1. The van der Waals surface area contributed by atoms with Gasteiger partial charge in [0.1, 0.15) is 10.7 Å². The van der Waals surface area contributed by atoms with Gasteiger partial charge in [-0.1, -0.05) is 22.0 Å². The molecule has 0 saturated carbocycles. The summed E-state index contributed by atoms with van der Waals surface area (Å²) in [6.07, 6.45) is 1.66. The summed E-state index contributed by atoms with van der Waals surface area (Å²) in [6.45, 7) is 2.04. The molecule has 0 aliphatic rings. The molecule has 1 aromatic carbocycles. The number of thiazole rings is 1. The highest BCUT2D eigenvalue weighted by atomic mass is 79.9. The van der Waals surface area contributed by atoms with Gasteiger partial charge in [0, 0.05) is 27.2 Å². The van der Waals surface area contributed by atoms with Gasteiger partial charge in [0.05, 0.1) is 5.69 Å². The predicted molar refractivity (Wildman–Crippen MR) is 86.7 cm³/mol. The number of aromatic carboxylic acids is 1. The van der Waals surface area contributed by atoms with Crippen LogP contribution in [0.4, 0.5) is 0 Å². The first-order chi connectivity index (χ1) is 10.0. The number of nitrogens with zero attached hydrogens (tertiary/aromatic N) is 1. The maximum absolute atomic E-state index is 10.9. The standard InChI is InChI=1S/C15H11BrN2O2S/c1-8-4-10(16)2-3-11(8)14-18-13(7-21-14)9-5-12(15(19)20)17-6-9/h2-7,17H,1H3,(H,19,20). The van der Waals surface area contributed by atoms with Gasteiger partial charge in [-0.25, -0.2) is 9.78 Å². The molecular weight excluding hydrogens is 352 g/mol. The van der Waals surface area contributed by atoms with Crippen LogP contribution >= 0.6 is 27.3 Å². The smallest absolute Gasteiger partial charge is 0.352 e. The van der Waals surface area contributed by atoms with Crippen LogP contribution in [0.5, 0.6) is 0 Å². The Morgan fingerprint density at radius 1 is 1.38 bits per heavy atom. The number of carboxylic acids is 1. The Morgan fingerprint density at radius 3 is 2.86 bits per heavy atom. The molecule has 106 valence electrons.